The van der Waals surface area contributed by atoms with E-state index in [1.54, 1.807) is 44.2 Å². The van der Waals surface area contributed by atoms with E-state index < -0.39 is 61.5 Å². The number of aliphatic hydroxyl groups excluding tert-OH is 1. The van der Waals surface area contributed by atoms with Gasteiger partial charge in [0.05, 0.1) is 17.2 Å². The van der Waals surface area contributed by atoms with E-state index in [1.807, 2.05) is 0 Å². The van der Waals surface area contributed by atoms with E-state index in [-0.39, 0.29) is 11.6 Å². The van der Waals surface area contributed by atoms with Crippen LogP contribution in [-0.2, 0) is 23.4 Å². The van der Waals surface area contributed by atoms with Gasteiger partial charge < -0.3 is 24.8 Å². The molecule has 0 saturated carbocycles. The topological polar surface area (TPSA) is 164 Å². The molecule has 2 heterocycles. The highest BCUT2D eigenvalue weighted by molar-refractivity contribution is 9.10. The van der Waals surface area contributed by atoms with Crippen LogP contribution in [0.2, 0.25) is 0 Å². The van der Waals surface area contributed by atoms with Gasteiger partial charge in [-0.1, -0.05) is 18.2 Å². The summed E-state index contributed by atoms with van der Waals surface area (Å²) in [5.41, 5.74) is 4.91. The van der Waals surface area contributed by atoms with Crippen LogP contribution in [0.3, 0.4) is 0 Å². The molecule has 12 nitrogen and oxygen atoms in total. The molecule has 1 saturated heterocycles. The monoisotopic (exact) mass is 622 g/mol. The lowest BCUT2D eigenvalue weighted by atomic mass is 10.0. The number of nitrogens with zero attached hydrogens (tertiary/aromatic N) is 2. The third kappa shape index (κ3) is 7.11. The van der Waals surface area contributed by atoms with Crippen molar-refractivity contribution >= 4 is 47.1 Å². The Bertz CT molecular complexity index is 1210. The highest BCUT2D eigenvalue weighted by Crippen LogP contribution is 2.48. The zero-order valence-electron chi connectivity index (χ0n) is 20.5. The van der Waals surface area contributed by atoms with E-state index in [1.165, 1.54) is 20.0 Å². The molecular weight excluding hydrogens is 595 g/mol. The standard InChI is InChI=1S/C22H29BrClN4O8P/c1-12(2)34-19(30)13(3)27-37(32,36-14-8-6-5-7-9-14)33-11-16-17(29)22(4,24)20(35-16)28-10-15(23)18(25)26-21(28)31/h5-10,12-13,16-17,20,29H,11H2,1-4H3,(H,27,32)(H2,25,26,31)/t13-,16-,17-,20?,22-,37-/m1/s1. The number of hydrogen-bond donors (Lipinski definition) is 3. The number of nitrogens with one attached hydrogen (secondary N) is 1. The Morgan fingerprint density at radius 2 is 2.03 bits per heavy atom. The molecule has 0 spiro atoms. The lowest BCUT2D eigenvalue weighted by Gasteiger charge is -2.26. The smallest absolute Gasteiger partial charge is 0.459 e. The molecule has 1 aliphatic heterocycles. The maximum absolute atomic E-state index is 13.7. The van der Waals surface area contributed by atoms with Crippen molar-refractivity contribution in [3.8, 4) is 5.75 Å². The minimum atomic E-state index is -4.22. The van der Waals surface area contributed by atoms with E-state index in [9.17, 15) is 19.3 Å². The quantitative estimate of drug-likeness (QED) is 0.202. The first-order valence-electron chi connectivity index (χ1n) is 11.3. The van der Waals surface area contributed by atoms with Crippen molar-refractivity contribution in [3.63, 3.8) is 0 Å². The van der Waals surface area contributed by atoms with Crippen molar-refractivity contribution in [2.24, 2.45) is 0 Å². The molecule has 204 valence electrons. The van der Waals surface area contributed by atoms with Crippen molar-refractivity contribution in [2.75, 3.05) is 12.3 Å². The maximum atomic E-state index is 13.7. The number of aliphatic hydroxyl groups is 1. The van der Waals surface area contributed by atoms with Gasteiger partial charge in [-0.25, -0.2) is 9.36 Å². The van der Waals surface area contributed by atoms with E-state index >= 15 is 0 Å². The Hall–Kier alpha value is -1.99. The molecule has 4 N–H and O–H groups in total. The zero-order chi connectivity index (χ0) is 27.5. The predicted octanol–water partition coefficient (Wildman–Crippen LogP) is 2.98. The molecule has 1 unspecified atom stereocenters. The summed E-state index contributed by atoms with van der Waals surface area (Å²) in [5.74, 6) is -0.479. The Kier molecular flexibility index (Phi) is 9.44. The number of halogens is 2. The number of rotatable bonds is 10. The summed E-state index contributed by atoms with van der Waals surface area (Å²) in [5, 5.41) is 13.4. The number of nitrogen functional groups attached to an aromatic ring is 1. The first-order valence-corrected chi connectivity index (χ1v) is 14.0. The average molecular weight is 624 g/mol. The molecule has 37 heavy (non-hydrogen) atoms. The molecule has 1 aliphatic rings. The number of ether oxygens (including phenoxy) is 2. The molecule has 2 aromatic rings. The van der Waals surface area contributed by atoms with E-state index in [4.69, 9.17) is 35.9 Å². The van der Waals surface area contributed by atoms with Gasteiger partial charge in [0.15, 0.2) is 6.23 Å². The van der Waals surface area contributed by atoms with Crippen molar-refractivity contribution in [1.82, 2.24) is 14.6 Å². The molecule has 3 rings (SSSR count). The largest absolute Gasteiger partial charge is 0.462 e. The fourth-order valence-corrected chi connectivity index (χ4v) is 5.59. The lowest BCUT2D eigenvalue weighted by molar-refractivity contribution is -0.149. The molecule has 1 fully saturated rings. The molecule has 1 aromatic heterocycles. The first kappa shape index (κ1) is 29.6. The van der Waals surface area contributed by atoms with Crippen LogP contribution in [-0.4, -0.2) is 56.5 Å². The van der Waals surface area contributed by atoms with Gasteiger partial charge in [-0.05, 0) is 55.8 Å². The molecule has 6 atom stereocenters. The normalized spacial score (nSPS) is 26.0. The number of carbonyl (C=O) groups is 1. The summed E-state index contributed by atoms with van der Waals surface area (Å²) in [6, 6.07) is 7.12. The van der Waals surface area contributed by atoms with Crippen molar-refractivity contribution in [3.05, 3.63) is 51.5 Å². The van der Waals surface area contributed by atoms with E-state index in [2.05, 4.69) is 26.0 Å². The van der Waals surface area contributed by atoms with Crippen LogP contribution in [0.1, 0.15) is 33.9 Å². The minimum absolute atomic E-state index is 0.0221. The van der Waals surface area contributed by atoms with Gasteiger partial charge in [0.25, 0.3) is 0 Å². The molecular formula is C22H29BrClN4O8P. The predicted molar refractivity (Wildman–Crippen MR) is 139 cm³/mol. The third-order valence-electron chi connectivity index (χ3n) is 5.34. The van der Waals surface area contributed by atoms with Gasteiger partial charge in [0.2, 0.25) is 0 Å². The van der Waals surface area contributed by atoms with E-state index in [0.29, 0.717) is 4.47 Å². The van der Waals surface area contributed by atoms with Crippen LogP contribution < -0.4 is 21.0 Å². The fourth-order valence-electron chi connectivity index (χ4n) is 3.48. The summed E-state index contributed by atoms with van der Waals surface area (Å²) < 4.78 is 37.3. The number of anilines is 1. The Morgan fingerprint density at radius 3 is 2.65 bits per heavy atom. The number of alkyl halides is 1. The van der Waals surface area contributed by atoms with Gasteiger partial charge in [-0.2, -0.15) is 10.1 Å². The number of hydrogen-bond acceptors (Lipinski definition) is 10. The van der Waals surface area contributed by atoms with Crippen LogP contribution in [0.15, 0.2) is 45.8 Å². The van der Waals surface area contributed by atoms with Crippen molar-refractivity contribution in [1.29, 1.82) is 0 Å². The third-order valence-corrected chi connectivity index (χ3v) is 8.00. The zero-order valence-corrected chi connectivity index (χ0v) is 23.8. The second-order valence-electron chi connectivity index (χ2n) is 8.82. The molecule has 0 bridgehead atoms. The SMILES string of the molecule is CC(C)OC(=O)[C@@H](C)N[P@@](=O)(OC[C@H]1OC(n2cc(Br)c(N)nc2=O)[C@](C)(Cl)[C@@H]1O)Oc1ccccc1. The summed E-state index contributed by atoms with van der Waals surface area (Å²) in [4.78, 5) is 27.0. The highest BCUT2D eigenvalue weighted by Gasteiger charge is 2.54. The molecule has 0 radical (unpaired) electrons. The molecule has 0 aliphatic carbocycles. The van der Waals surface area contributed by atoms with Gasteiger partial charge in [-0.3, -0.25) is 13.9 Å². The van der Waals surface area contributed by atoms with Gasteiger partial charge in [-0.15, -0.1) is 11.6 Å². The second-order valence-corrected chi connectivity index (χ2v) is 12.2. The van der Waals surface area contributed by atoms with Gasteiger partial charge >= 0.3 is 19.4 Å². The van der Waals surface area contributed by atoms with E-state index in [0.717, 1.165) is 4.57 Å². The first-order chi connectivity index (χ1) is 17.2. The average Bonchev–Trinajstić information content (AvgIpc) is 3.03. The summed E-state index contributed by atoms with van der Waals surface area (Å²) >= 11 is 9.79. The number of benzene rings is 1. The number of aromatic nitrogens is 2. The Labute approximate surface area is 227 Å². The molecule has 1 aromatic carbocycles. The second kappa shape index (κ2) is 11.8. The number of para-hydroxylation sites is 1. The van der Waals surface area contributed by atoms with Crippen molar-refractivity contribution in [2.45, 2.75) is 63.2 Å². The van der Waals surface area contributed by atoms with Crippen LogP contribution in [0.4, 0.5) is 5.82 Å². The van der Waals surface area contributed by atoms with Gasteiger partial charge in [0, 0.05) is 6.20 Å². The molecule has 0 amide bonds. The highest BCUT2D eigenvalue weighted by atomic mass is 79.9. The molecule has 15 heteroatoms. The van der Waals surface area contributed by atoms with Crippen LogP contribution >= 0.6 is 35.3 Å². The summed E-state index contributed by atoms with van der Waals surface area (Å²) in [7, 11) is -4.22. The Morgan fingerprint density at radius 1 is 1.38 bits per heavy atom. The minimum Gasteiger partial charge on any atom is -0.462 e. The van der Waals surface area contributed by atoms with Crippen molar-refractivity contribution < 1.29 is 33.0 Å². The number of esters is 1. The van der Waals surface area contributed by atoms with Crippen LogP contribution in [0, 0.1) is 0 Å². The summed E-state index contributed by atoms with van der Waals surface area (Å²) in [6.07, 6.45) is -2.71. The fraction of sp³-hybridized carbons (Fsp3) is 0.500. The Balaban J connectivity index is 1.81. The number of carbonyl (C=O) groups excluding carboxylic acids is 1. The number of nitrogens with two attached hydrogens (primary N) is 1. The van der Waals surface area contributed by atoms with Crippen LogP contribution in [0.25, 0.3) is 0 Å². The van der Waals surface area contributed by atoms with Crippen LogP contribution in [0.5, 0.6) is 5.75 Å². The lowest BCUT2D eigenvalue weighted by Crippen LogP contribution is -2.42. The maximum Gasteiger partial charge on any atom is 0.459 e. The summed E-state index contributed by atoms with van der Waals surface area (Å²) in [6.45, 7) is 5.81. The van der Waals surface area contributed by atoms with Gasteiger partial charge in [0.1, 0.15) is 34.7 Å².